The van der Waals surface area contributed by atoms with E-state index in [9.17, 15) is 13.2 Å². The SMILES string of the molecule is Cc1cc(C)c(Oc2nc(-c3ccc(C)c(C)c3)ccc2C(=O)NS(=O)(=O)c2cccc(C)n2)c(C)c1. The van der Waals surface area contributed by atoms with Crippen LogP contribution in [0.15, 0.2) is 65.7 Å². The molecular weight excluding hydrogens is 486 g/mol. The molecule has 0 radical (unpaired) electrons. The van der Waals surface area contributed by atoms with Gasteiger partial charge in [0.2, 0.25) is 5.88 Å². The molecule has 190 valence electrons. The second-order valence-corrected chi connectivity index (χ2v) is 10.9. The number of sulfonamides is 1. The van der Waals surface area contributed by atoms with Gasteiger partial charge in [-0.2, -0.15) is 8.42 Å². The van der Waals surface area contributed by atoms with Crippen molar-refractivity contribution in [3.63, 3.8) is 0 Å². The van der Waals surface area contributed by atoms with Gasteiger partial charge in [-0.1, -0.05) is 35.9 Å². The van der Waals surface area contributed by atoms with Crippen LogP contribution >= 0.6 is 0 Å². The van der Waals surface area contributed by atoms with Crippen molar-refractivity contribution in [1.29, 1.82) is 0 Å². The van der Waals surface area contributed by atoms with Gasteiger partial charge in [0.25, 0.3) is 15.9 Å². The highest BCUT2D eigenvalue weighted by atomic mass is 32.2. The summed E-state index contributed by atoms with van der Waals surface area (Å²) < 4.78 is 34.1. The van der Waals surface area contributed by atoms with Gasteiger partial charge in [-0.25, -0.2) is 14.7 Å². The fourth-order valence-corrected chi connectivity index (χ4v) is 5.05. The Balaban J connectivity index is 1.79. The highest BCUT2D eigenvalue weighted by Gasteiger charge is 2.24. The topological polar surface area (TPSA) is 98.2 Å². The molecule has 7 nitrogen and oxygen atoms in total. The Hall–Kier alpha value is -4.04. The number of hydrogen-bond donors (Lipinski definition) is 1. The number of ether oxygens (including phenoxy) is 1. The van der Waals surface area contributed by atoms with E-state index >= 15 is 0 Å². The van der Waals surface area contributed by atoms with E-state index in [0.717, 1.165) is 33.4 Å². The lowest BCUT2D eigenvalue weighted by atomic mass is 10.0. The number of nitrogens with one attached hydrogen (secondary N) is 1. The van der Waals surface area contributed by atoms with Crippen molar-refractivity contribution in [2.24, 2.45) is 0 Å². The summed E-state index contributed by atoms with van der Waals surface area (Å²) in [6.07, 6.45) is 0. The molecule has 0 aliphatic heterocycles. The van der Waals surface area contributed by atoms with E-state index in [-0.39, 0.29) is 16.5 Å². The van der Waals surface area contributed by atoms with E-state index in [4.69, 9.17) is 4.74 Å². The lowest BCUT2D eigenvalue weighted by Crippen LogP contribution is -2.31. The molecule has 0 aliphatic rings. The van der Waals surface area contributed by atoms with Crippen molar-refractivity contribution < 1.29 is 17.9 Å². The zero-order valence-electron chi connectivity index (χ0n) is 21.7. The van der Waals surface area contributed by atoms with Crippen LogP contribution in [0.1, 0.15) is 43.9 Å². The first-order valence-electron chi connectivity index (χ1n) is 11.8. The Morgan fingerprint density at radius 3 is 2.14 bits per heavy atom. The third-order valence-electron chi connectivity index (χ3n) is 6.08. The molecule has 2 aromatic heterocycles. The molecule has 0 saturated heterocycles. The fourth-order valence-electron chi connectivity index (χ4n) is 4.07. The van der Waals surface area contributed by atoms with Crippen LogP contribution < -0.4 is 9.46 Å². The van der Waals surface area contributed by atoms with Crippen LogP contribution in [0.2, 0.25) is 0 Å². The molecule has 8 heteroatoms. The lowest BCUT2D eigenvalue weighted by Gasteiger charge is -2.16. The summed E-state index contributed by atoms with van der Waals surface area (Å²) in [6, 6.07) is 17.7. The maximum absolute atomic E-state index is 13.3. The average Bonchev–Trinajstić information content (AvgIpc) is 2.82. The number of rotatable bonds is 6. The highest BCUT2D eigenvalue weighted by Crippen LogP contribution is 2.33. The highest BCUT2D eigenvalue weighted by molar-refractivity contribution is 7.90. The van der Waals surface area contributed by atoms with Gasteiger partial charge < -0.3 is 4.74 Å². The molecule has 0 fully saturated rings. The number of hydrogen-bond acceptors (Lipinski definition) is 6. The monoisotopic (exact) mass is 515 g/mol. The summed E-state index contributed by atoms with van der Waals surface area (Å²) in [5.74, 6) is -0.289. The molecule has 4 rings (SSSR count). The Labute approximate surface area is 217 Å². The van der Waals surface area contributed by atoms with Crippen LogP contribution in [-0.4, -0.2) is 24.3 Å². The lowest BCUT2D eigenvalue weighted by molar-refractivity contribution is 0.0978. The minimum atomic E-state index is -4.21. The maximum Gasteiger partial charge on any atom is 0.281 e. The standard InChI is InChI=1S/C29H29N3O4S/c1-17-14-20(4)27(21(5)15-17)36-29-24(12-13-25(31-29)23-11-10-18(2)19(3)16-23)28(33)32-37(34,35)26-9-7-8-22(6)30-26/h7-16H,1-6H3,(H,32,33). The van der Waals surface area contributed by atoms with E-state index < -0.39 is 15.9 Å². The van der Waals surface area contributed by atoms with E-state index in [1.165, 1.54) is 12.1 Å². The maximum atomic E-state index is 13.3. The van der Waals surface area contributed by atoms with E-state index in [2.05, 4.69) is 14.7 Å². The fraction of sp³-hybridized carbons (Fsp3) is 0.207. The van der Waals surface area contributed by atoms with Crippen molar-refractivity contribution in [2.75, 3.05) is 0 Å². The van der Waals surface area contributed by atoms with Crippen molar-refractivity contribution >= 4 is 15.9 Å². The minimum absolute atomic E-state index is 0.00989. The predicted octanol–water partition coefficient (Wildman–Crippen LogP) is 5.91. The van der Waals surface area contributed by atoms with Crippen LogP contribution in [0.3, 0.4) is 0 Å². The third-order valence-corrected chi connectivity index (χ3v) is 7.31. The number of pyridine rings is 2. The largest absolute Gasteiger partial charge is 0.438 e. The molecule has 0 bridgehead atoms. The number of nitrogens with zero attached hydrogens (tertiary/aromatic N) is 2. The molecule has 0 atom stereocenters. The summed E-state index contributed by atoms with van der Waals surface area (Å²) in [4.78, 5) is 22.0. The number of carbonyl (C=O) groups is 1. The molecule has 4 aromatic rings. The Bertz CT molecular complexity index is 1610. The normalized spacial score (nSPS) is 11.3. The van der Waals surface area contributed by atoms with Gasteiger partial charge in [0.05, 0.1) is 5.69 Å². The molecular formula is C29H29N3O4S. The molecule has 37 heavy (non-hydrogen) atoms. The quantitative estimate of drug-likeness (QED) is 0.343. The van der Waals surface area contributed by atoms with Crippen LogP contribution in [0.25, 0.3) is 11.3 Å². The number of benzene rings is 2. The van der Waals surface area contributed by atoms with E-state index in [1.54, 1.807) is 25.1 Å². The van der Waals surface area contributed by atoms with Gasteiger partial charge in [-0.15, -0.1) is 0 Å². The zero-order valence-corrected chi connectivity index (χ0v) is 22.5. The van der Waals surface area contributed by atoms with Crippen LogP contribution in [0.5, 0.6) is 11.6 Å². The van der Waals surface area contributed by atoms with Crippen molar-refractivity contribution in [3.8, 4) is 22.9 Å². The predicted molar refractivity (Wildman–Crippen MR) is 143 cm³/mol. The van der Waals surface area contributed by atoms with Gasteiger partial charge >= 0.3 is 0 Å². The summed E-state index contributed by atoms with van der Waals surface area (Å²) in [6.45, 7) is 11.5. The van der Waals surface area contributed by atoms with E-state index in [0.29, 0.717) is 17.1 Å². The molecule has 1 N–H and O–H groups in total. The molecule has 0 aliphatic carbocycles. The molecule has 1 amide bonds. The molecule has 0 unspecified atom stereocenters. The first-order chi connectivity index (χ1) is 17.4. The number of carbonyl (C=O) groups excluding carboxylic acids is 1. The van der Waals surface area contributed by atoms with Crippen molar-refractivity contribution in [2.45, 2.75) is 46.6 Å². The molecule has 2 aromatic carbocycles. The van der Waals surface area contributed by atoms with Gasteiger partial charge in [0.1, 0.15) is 11.3 Å². The molecule has 2 heterocycles. The van der Waals surface area contributed by atoms with Crippen LogP contribution in [0, 0.1) is 41.5 Å². The Morgan fingerprint density at radius 1 is 0.784 bits per heavy atom. The average molecular weight is 516 g/mol. The summed E-state index contributed by atoms with van der Waals surface area (Å²) in [5.41, 5.74) is 7.04. The first kappa shape index (κ1) is 26.0. The molecule has 0 saturated carbocycles. The third kappa shape index (κ3) is 5.70. The number of amides is 1. The number of aryl methyl sites for hydroxylation is 6. The Kier molecular flexibility index (Phi) is 7.14. The van der Waals surface area contributed by atoms with Crippen LogP contribution in [-0.2, 0) is 10.0 Å². The van der Waals surface area contributed by atoms with Crippen LogP contribution in [0.4, 0.5) is 0 Å². The number of aromatic nitrogens is 2. The summed E-state index contributed by atoms with van der Waals surface area (Å²) >= 11 is 0. The second-order valence-electron chi connectivity index (χ2n) is 9.23. The van der Waals surface area contributed by atoms with Gasteiger partial charge in [-0.05, 0) is 94.1 Å². The summed E-state index contributed by atoms with van der Waals surface area (Å²) in [5, 5.41) is -0.242. The van der Waals surface area contributed by atoms with Gasteiger partial charge in [0.15, 0.2) is 5.03 Å². The van der Waals surface area contributed by atoms with Gasteiger partial charge in [-0.3, -0.25) is 4.79 Å². The van der Waals surface area contributed by atoms with Crippen molar-refractivity contribution in [3.05, 3.63) is 99.7 Å². The van der Waals surface area contributed by atoms with Gasteiger partial charge in [0, 0.05) is 11.3 Å². The minimum Gasteiger partial charge on any atom is -0.438 e. The Morgan fingerprint density at radius 2 is 1.49 bits per heavy atom. The smallest absolute Gasteiger partial charge is 0.281 e. The second kappa shape index (κ2) is 10.1. The first-order valence-corrected chi connectivity index (χ1v) is 13.3. The van der Waals surface area contributed by atoms with E-state index in [1.807, 2.05) is 65.0 Å². The summed E-state index contributed by atoms with van der Waals surface area (Å²) in [7, 11) is -4.21. The molecule has 0 spiro atoms. The van der Waals surface area contributed by atoms with Crippen molar-refractivity contribution in [1.82, 2.24) is 14.7 Å². The zero-order chi connectivity index (χ0) is 26.9.